The van der Waals surface area contributed by atoms with Crippen LogP contribution in [0.3, 0.4) is 0 Å². The third kappa shape index (κ3) is 2.06. The molecule has 1 unspecified atom stereocenters. The van der Waals surface area contributed by atoms with Crippen molar-refractivity contribution in [3.8, 4) is 5.75 Å². The second-order valence-electron chi connectivity index (χ2n) is 5.36. The zero-order chi connectivity index (χ0) is 14.2. The summed E-state index contributed by atoms with van der Waals surface area (Å²) in [5.74, 6) is 1.31. The number of nitrogens with one attached hydrogen (secondary N) is 1. The van der Waals surface area contributed by atoms with Crippen LogP contribution in [-0.2, 0) is 13.0 Å². The molecule has 1 aliphatic carbocycles. The Hall–Kier alpha value is -2.40. The molecule has 0 spiro atoms. The zero-order valence-corrected chi connectivity index (χ0v) is 11.5. The lowest BCUT2D eigenvalue weighted by Crippen LogP contribution is -2.20. The van der Waals surface area contributed by atoms with Crippen molar-refractivity contribution in [2.24, 2.45) is 0 Å². The average Bonchev–Trinajstić information content (AvgIpc) is 3.10. The van der Waals surface area contributed by atoms with E-state index >= 15 is 0 Å². The molecule has 1 atom stereocenters. The average molecular weight is 280 g/mol. The summed E-state index contributed by atoms with van der Waals surface area (Å²) in [5.41, 5.74) is 3.13. The van der Waals surface area contributed by atoms with Crippen LogP contribution >= 0.6 is 0 Å². The summed E-state index contributed by atoms with van der Waals surface area (Å²) in [6.07, 6.45) is 3.89. The molecule has 5 nitrogen and oxygen atoms in total. The maximum Gasteiger partial charge on any atom is 0.160 e. The fraction of sp³-hybridized carbons (Fsp3) is 0.250. The van der Waals surface area contributed by atoms with Gasteiger partial charge >= 0.3 is 0 Å². The molecule has 1 aliphatic rings. The quantitative estimate of drug-likeness (QED) is 0.772. The second-order valence-corrected chi connectivity index (χ2v) is 5.36. The van der Waals surface area contributed by atoms with Gasteiger partial charge in [0.05, 0.1) is 6.54 Å². The summed E-state index contributed by atoms with van der Waals surface area (Å²) >= 11 is 0. The molecule has 0 radical (unpaired) electrons. The normalized spacial score (nSPS) is 17.2. The summed E-state index contributed by atoms with van der Waals surface area (Å²) < 4.78 is 1.99. The molecular formula is C16H16N4O. The predicted molar refractivity (Wildman–Crippen MR) is 79.0 cm³/mol. The second kappa shape index (κ2) is 4.86. The molecule has 0 fully saturated rings. The van der Waals surface area contributed by atoms with Crippen molar-refractivity contribution < 1.29 is 5.11 Å². The standard InChI is InChI=1S/C16H16N4O/c21-14-5-3-4-11-12(14)7-8-13(11)17-10-16-19-18-15-6-1-2-9-20(15)16/h1-6,9,13,17,21H,7-8,10H2. The van der Waals surface area contributed by atoms with Crippen molar-refractivity contribution in [1.29, 1.82) is 0 Å². The summed E-state index contributed by atoms with van der Waals surface area (Å²) in [5, 5.41) is 21.8. The molecule has 0 amide bonds. The van der Waals surface area contributed by atoms with E-state index in [1.165, 1.54) is 5.56 Å². The lowest BCUT2D eigenvalue weighted by molar-refractivity contribution is 0.469. The predicted octanol–water partition coefficient (Wildman–Crippen LogP) is 2.21. The summed E-state index contributed by atoms with van der Waals surface area (Å²) in [6, 6.07) is 11.9. The first-order valence-corrected chi connectivity index (χ1v) is 7.16. The molecule has 4 rings (SSSR count). The van der Waals surface area contributed by atoms with Crippen LogP contribution in [0.4, 0.5) is 0 Å². The van der Waals surface area contributed by atoms with Gasteiger partial charge in [0.1, 0.15) is 5.75 Å². The number of aromatic hydroxyl groups is 1. The van der Waals surface area contributed by atoms with E-state index in [-0.39, 0.29) is 6.04 Å². The van der Waals surface area contributed by atoms with Gasteiger partial charge in [-0.15, -0.1) is 10.2 Å². The number of pyridine rings is 1. The van der Waals surface area contributed by atoms with E-state index in [1.54, 1.807) is 6.07 Å². The number of phenolic OH excluding ortho intramolecular Hbond substituents is 1. The van der Waals surface area contributed by atoms with Crippen molar-refractivity contribution >= 4 is 5.65 Å². The van der Waals surface area contributed by atoms with Crippen LogP contribution in [0.5, 0.6) is 5.75 Å². The number of phenols is 1. The molecule has 5 heteroatoms. The number of benzene rings is 1. The number of aromatic nitrogens is 3. The number of hydrogen-bond donors (Lipinski definition) is 2. The largest absolute Gasteiger partial charge is 0.508 e. The summed E-state index contributed by atoms with van der Waals surface area (Å²) in [4.78, 5) is 0. The fourth-order valence-corrected chi connectivity index (χ4v) is 3.07. The van der Waals surface area contributed by atoms with Crippen LogP contribution in [0.1, 0.15) is 29.4 Å². The Morgan fingerprint density at radius 3 is 3.10 bits per heavy atom. The molecule has 0 bridgehead atoms. The SMILES string of the molecule is Oc1cccc2c1CCC2NCc1nnc2ccccn12. The van der Waals surface area contributed by atoms with Gasteiger partial charge in [-0.3, -0.25) is 4.40 Å². The van der Waals surface area contributed by atoms with E-state index in [9.17, 15) is 5.11 Å². The molecule has 0 saturated heterocycles. The first kappa shape index (κ1) is 12.3. The first-order chi connectivity index (χ1) is 10.3. The maximum absolute atomic E-state index is 9.89. The van der Waals surface area contributed by atoms with Crippen LogP contribution < -0.4 is 5.32 Å². The van der Waals surface area contributed by atoms with Crippen molar-refractivity contribution in [3.05, 3.63) is 59.5 Å². The van der Waals surface area contributed by atoms with Crippen molar-refractivity contribution in [2.75, 3.05) is 0 Å². The van der Waals surface area contributed by atoms with Crippen LogP contribution in [-0.4, -0.2) is 19.7 Å². The minimum Gasteiger partial charge on any atom is -0.508 e. The van der Waals surface area contributed by atoms with E-state index in [4.69, 9.17) is 0 Å². The highest BCUT2D eigenvalue weighted by Gasteiger charge is 2.24. The van der Waals surface area contributed by atoms with Gasteiger partial charge in [-0.05, 0) is 42.2 Å². The Morgan fingerprint density at radius 1 is 1.19 bits per heavy atom. The Kier molecular flexibility index (Phi) is 2.86. The van der Waals surface area contributed by atoms with Crippen molar-refractivity contribution in [2.45, 2.75) is 25.4 Å². The zero-order valence-electron chi connectivity index (χ0n) is 11.5. The molecule has 2 heterocycles. The minimum atomic E-state index is 0.267. The third-order valence-electron chi connectivity index (χ3n) is 4.14. The van der Waals surface area contributed by atoms with Crippen LogP contribution in [0.2, 0.25) is 0 Å². The number of nitrogens with zero attached hydrogens (tertiary/aromatic N) is 3. The summed E-state index contributed by atoms with van der Waals surface area (Å²) in [7, 11) is 0. The Balaban J connectivity index is 1.55. The third-order valence-corrected chi connectivity index (χ3v) is 4.14. The Labute approximate surface area is 122 Å². The molecule has 0 aliphatic heterocycles. The van der Waals surface area contributed by atoms with Gasteiger partial charge in [-0.2, -0.15) is 0 Å². The Bertz CT molecular complexity index is 796. The van der Waals surface area contributed by atoms with Gasteiger partial charge in [0, 0.05) is 12.2 Å². The molecule has 106 valence electrons. The number of fused-ring (bicyclic) bond motifs is 2. The van der Waals surface area contributed by atoms with Crippen LogP contribution in [0.15, 0.2) is 42.6 Å². The molecule has 0 saturated carbocycles. The fourth-order valence-electron chi connectivity index (χ4n) is 3.07. The number of hydrogen-bond acceptors (Lipinski definition) is 4. The van der Waals surface area contributed by atoms with E-state index < -0.39 is 0 Å². The molecule has 2 N–H and O–H groups in total. The topological polar surface area (TPSA) is 62.5 Å². The smallest absolute Gasteiger partial charge is 0.160 e. The lowest BCUT2D eigenvalue weighted by Gasteiger charge is -2.13. The Morgan fingerprint density at radius 2 is 2.14 bits per heavy atom. The lowest BCUT2D eigenvalue weighted by atomic mass is 10.1. The maximum atomic E-state index is 9.89. The molecular weight excluding hydrogens is 264 g/mol. The number of rotatable bonds is 3. The van der Waals surface area contributed by atoms with E-state index in [0.29, 0.717) is 12.3 Å². The van der Waals surface area contributed by atoms with Crippen molar-refractivity contribution in [3.63, 3.8) is 0 Å². The van der Waals surface area contributed by atoms with Crippen LogP contribution in [0.25, 0.3) is 5.65 Å². The first-order valence-electron chi connectivity index (χ1n) is 7.16. The van der Waals surface area contributed by atoms with Gasteiger partial charge in [0.15, 0.2) is 11.5 Å². The minimum absolute atomic E-state index is 0.267. The van der Waals surface area contributed by atoms with E-state index in [1.807, 2.05) is 34.9 Å². The van der Waals surface area contributed by atoms with Gasteiger partial charge in [-0.25, -0.2) is 0 Å². The van der Waals surface area contributed by atoms with Crippen molar-refractivity contribution in [1.82, 2.24) is 19.9 Å². The van der Waals surface area contributed by atoms with E-state index in [0.717, 1.165) is 29.9 Å². The van der Waals surface area contributed by atoms with Gasteiger partial charge in [0.25, 0.3) is 0 Å². The van der Waals surface area contributed by atoms with Gasteiger partial charge < -0.3 is 10.4 Å². The highest BCUT2D eigenvalue weighted by molar-refractivity contribution is 5.44. The highest BCUT2D eigenvalue weighted by Crippen LogP contribution is 2.36. The van der Waals surface area contributed by atoms with Crippen LogP contribution in [0, 0.1) is 0 Å². The van der Waals surface area contributed by atoms with Gasteiger partial charge in [0.2, 0.25) is 0 Å². The van der Waals surface area contributed by atoms with E-state index in [2.05, 4.69) is 21.6 Å². The molecule has 3 aromatic rings. The monoisotopic (exact) mass is 280 g/mol. The van der Waals surface area contributed by atoms with Gasteiger partial charge in [-0.1, -0.05) is 18.2 Å². The summed E-state index contributed by atoms with van der Waals surface area (Å²) in [6.45, 7) is 0.658. The molecule has 2 aromatic heterocycles. The molecule has 1 aromatic carbocycles. The molecule has 21 heavy (non-hydrogen) atoms. The highest BCUT2D eigenvalue weighted by atomic mass is 16.3.